The van der Waals surface area contributed by atoms with Crippen LogP contribution in [0.25, 0.3) is 0 Å². The average molecular weight is 531 g/mol. The number of carbonyl (C=O) groups is 3. The van der Waals surface area contributed by atoms with Crippen molar-refractivity contribution in [3.05, 3.63) is 59.9 Å². The second-order valence-electron chi connectivity index (χ2n) is 9.30. The molecule has 4 rings (SSSR count). The summed E-state index contributed by atoms with van der Waals surface area (Å²) in [4.78, 5) is 38.4. The lowest BCUT2D eigenvalue weighted by molar-refractivity contribution is -0.137. The number of aliphatic carboxylic acids is 1. The van der Waals surface area contributed by atoms with E-state index in [-0.39, 0.29) is 24.5 Å². The number of carbonyl (C=O) groups excluding carboxylic acids is 2. The van der Waals surface area contributed by atoms with Gasteiger partial charge in [0.1, 0.15) is 29.0 Å². The molecule has 0 bridgehead atoms. The highest BCUT2D eigenvalue weighted by molar-refractivity contribution is 7.99. The first kappa shape index (κ1) is 27.1. The molecule has 0 radical (unpaired) electrons. The zero-order chi connectivity index (χ0) is 26.4. The molecule has 3 atom stereocenters. The van der Waals surface area contributed by atoms with E-state index in [9.17, 15) is 23.9 Å². The number of hydrogen-bond acceptors (Lipinski definition) is 7. The van der Waals surface area contributed by atoms with E-state index in [1.165, 1.54) is 12.1 Å². The summed E-state index contributed by atoms with van der Waals surface area (Å²) in [6.45, 7) is 0.830. The lowest BCUT2D eigenvalue weighted by Crippen LogP contribution is -2.53. The molecule has 0 aliphatic carbocycles. The summed E-state index contributed by atoms with van der Waals surface area (Å²) in [6.07, 6.45) is 1.65. The Morgan fingerprint density at radius 1 is 1.16 bits per heavy atom. The van der Waals surface area contributed by atoms with E-state index in [2.05, 4.69) is 5.32 Å². The first-order chi connectivity index (χ1) is 17.8. The quantitative estimate of drug-likeness (QED) is 0.358. The maximum Gasteiger partial charge on any atom is 0.303 e. The minimum absolute atomic E-state index is 0.0866. The van der Waals surface area contributed by atoms with Crippen molar-refractivity contribution >= 4 is 29.4 Å². The summed E-state index contributed by atoms with van der Waals surface area (Å²) in [6, 6.07) is 11.0. The fourth-order valence-electron chi connectivity index (χ4n) is 4.96. The summed E-state index contributed by atoms with van der Waals surface area (Å²) in [5, 5.41) is 23.6. The monoisotopic (exact) mass is 530 g/mol. The molecule has 8 nitrogen and oxygen atoms in total. The average Bonchev–Trinajstić information content (AvgIpc) is 3.44. The number of nitrogens with zero attached hydrogens (tertiary/aromatic N) is 1. The van der Waals surface area contributed by atoms with Crippen LogP contribution in [0.2, 0.25) is 0 Å². The zero-order valence-corrected chi connectivity index (χ0v) is 21.2. The number of carboxylic acids is 1. The molecule has 10 heteroatoms. The van der Waals surface area contributed by atoms with Crippen molar-refractivity contribution in [2.24, 2.45) is 0 Å². The molecule has 2 heterocycles. The summed E-state index contributed by atoms with van der Waals surface area (Å²) in [5.74, 6) is 0.446. The van der Waals surface area contributed by atoms with Crippen molar-refractivity contribution in [1.29, 1.82) is 0 Å². The third-order valence-corrected chi connectivity index (χ3v) is 7.84. The zero-order valence-electron chi connectivity index (χ0n) is 20.4. The van der Waals surface area contributed by atoms with Crippen LogP contribution in [-0.2, 0) is 20.0 Å². The van der Waals surface area contributed by atoms with Gasteiger partial charge in [0.15, 0.2) is 5.78 Å². The Balaban J connectivity index is 1.43. The van der Waals surface area contributed by atoms with Gasteiger partial charge >= 0.3 is 5.97 Å². The van der Waals surface area contributed by atoms with Crippen LogP contribution < -0.4 is 10.1 Å². The number of ketones is 1. The number of carboxylic acid groups (broad SMARTS) is 1. The minimum atomic E-state index is -1.48. The normalized spacial score (nSPS) is 23.4. The topological polar surface area (TPSA) is 116 Å². The predicted octanol–water partition coefficient (Wildman–Crippen LogP) is 3.33. The molecule has 2 aromatic carbocycles. The van der Waals surface area contributed by atoms with Gasteiger partial charge in [0.2, 0.25) is 5.91 Å². The largest absolute Gasteiger partial charge is 0.481 e. The van der Waals surface area contributed by atoms with Gasteiger partial charge in [0.05, 0.1) is 6.04 Å². The molecule has 3 N–H and O–H groups in total. The molecule has 0 saturated carbocycles. The van der Waals surface area contributed by atoms with Gasteiger partial charge in [-0.15, -0.1) is 0 Å². The number of halogens is 1. The van der Waals surface area contributed by atoms with E-state index in [0.717, 1.165) is 0 Å². The minimum Gasteiger partial charge on any atom is -0.481 e. The van der Waals surface area contributed by atoms with Gasteiger partial charge < -0.3 is 25.2 Å². The van der Waals surface area contributed by atoms with Crippen LogP contribution in [0.15, 0.2) is 48.5 Å². The van der Waals surface area contributed by atoms with Crippen molar-refractivity contribution in [2.75, 3.05) is 24.6 Å². The number of Topliss-reactive ketones (excluding diaryl/α,β-unsaturated/α-hetero) is 1. The SMILES string of the molecule is O=C(O)CCCSCCN1C(=O)CC[C@H]1C(=O)[C@@H]1NCC[C@@]1(O)c1cccc(Oc2cccc(F)c2)c1. The lowest BCUT2D eigenvalue weighted by atomic mass is 9.82. The van der Waals surface area contributed by atoms with Crippen LogP contribution in [0.5, 0.6) is 11.5 Å². The highest BCUT2D eigenvalue weighted by Gasteiger charge is 2.50. The Labute approximate surface area is 219 Å². The number of aliphatic hydroxyl groups is 1. The Morgan fingerprint density at radius 2 is 1.92 bits per heavy atom. The lowest BCUT2D eigenvalue weighted by Gasteiger charge is -2.33. The molecule has 198 valence electrons. The molecule has 2 aromatic rings. The van der Waals surface area contributed by atoms with E-state index >= 15 is 0 Å². The van der Waals surface area contributed by atoms with Gasteiger partial charge in [-0.05, 0) is 61.4 Å². The fraction of sp³-hybridized carbons (Fsp3) is 0.444. The summed E-state index contributed by atoms with van der Waals surface area (Å²) in [7, 11) is 0. The third-order valence-electron chi connectivity index (χ3n) is 6.79. The Bertz CT molecular complexity index is 1150. The van der Waals surface area contributed by atoms with Gasteiger partial charge in [-0.3, -0.25) is 14.4 Å². The molecule has 0 unspecified atom stereocenters. The highest BCUT2D eigenvalue weighted by Crippen LogP contribution is 2.37. The highest BCUT2D eigenvalue weighted by atomic mass is 32.2. The molecule has 1 amide bonds. The van der Waals surface area contributed by atoms with Crippen LogP contribution in [-0.4, -0.2) is 69.5 Å². The van der Waals surface area contributed by atoms with Gasteiger partial charge in [-0.25, -0.2) is 4.39 Å². The molecule has 37 heavy (non-hydrogen) atoms. The maximum absolute atomic E-state index is 13.7. The first-order valence-corrected chi connectivity index (χ1v) is 13.6. The Kier molecular flexibility index (Phi) is 8.83. The Hall–Kier alpha value is -2.95. The number of rotatable bonds is 12. The molecule has 0 aromatic heterocycles. The number of likely N-dealkylation sites (tertiary alicyclic amines) is 1. The predicted molar refractivity (Wildman–Crippen MR) is 137 cm³/mol. The maximum atomic E-state index is 13.7. The third kappa shape index (κ3) is 6.49. The van der Waals surface area contributed by atoms with Gasteiger partial charge in [-0.2, -0.15) is 11.8 Å². The molecule has 2 fully saturated rings. The van der Waals surface area contributed by atoms with E-state index in [4.69, 9.17) is 9.84 Å². The van der Waals surface area contributed by atoms with Gasteiger partial charge in [-0.1, -0.05) is 18.2 Å². The van der Waals surface area contributed by atoms with Crippen LogP contribution in [0.1, 0.15) is 37.7 Å². The van der Waals surface area contributed by atoms with E-state index in [1.807, 2.05) is 0 Å². The fourth-order valence-corrected chi connectivity index (χ4v) is 5.83. The number of nitrogens with one attached hydrogen (secondary N) is 1. The molecule has 0 spiro atoms. The number of ether oxygens (including phenoxy) is 1. The van der Waals surface area contributed by atoms with Crippen LogP contribution >= 0.6 is 11.8 Å². The summed E-state index contributed by atoms with van der Waals surface area (Å²) >= 11 is 1.56. The molecule has 2 aliphatic heterocycles. The van der Waals surface area contributed by atoms with Crippen LogP contribution in [0.4, 0.5) is 4.39 Å². The molecule has 2 saturated heterocycles. The van der Waals surface area contributed by atoms with Crippen molar-refractivity contribution in [3.63, 3.8) is 0 Å². The van der Waals surface area contributed by atoms with Gasteiger partial charge in [0, 0.05) is 31.2 Å². The Morgan fingerprint density at radius 3 is 2.68 bits per heavy atom. The van der Waals surface area contributed by atoms with Crippen molar-refractivity contribution in [1.82, 2.24) is 10.2 Å². The first-order valence-electron chi connectivity index (χ1n) is 12.4. The number of benzene rings is 2. The number of thioether (sulfide) groups is 1. The van der Waals surface area contributed by atoms with E-state index < -0.39 is 29.5 Å². The summed E-state index contributed by atoms with van der Waals surface area (Å²) in [5.41, 5.74) is -0.976. The molecular formula is C27H31FN2O6S. The van der Waals surface area contributed by atoms with E-state index in [0.29, 0.717) is 60.9 Å². The second-order valence-corrected chi connectivity index (χ2v) is 10.5. The standard InChI is InChI=1S/C27H31FN2O6S/c28-19-5-2-7-21(17-19)36-20-6-1-4-18(16-20)27(35)11-12-29-26(27)25(34)22-9-10-23(31)30(22)13-15-37-14-3-8-24(32)33/h1-2,4-7,16-17,22,26,29,35H,3,8-15H2,(H,32,33)/t22-,26-,27+/m0/s1. The molecule has 2 aliphatic rings. The van der Waals surface area contributed by atoms with Crippen LogP contribution in [0, 0.1) is 5.82 Å². The smallest absolute Gasteiger partial charge is 0.303 e. The second kappa shape index (κ2) is 12.1. The van der Waals surface area contributed by atoms with Crippen molar-refractivity contribution in [2.45, 2.75) is 49.8 Å². The number of amides is 1. The number of hydrogen-bond donors (Lipinski definition) is 3. The van der Waals surface area contributed by atoms with Gasteiger partial charge in [0.25, 0.3) is 0 Å². The van der Waals surface area contributed by atoms with Crippen molar-refractivity contribution < 1.29 is 33.7 Å². The van der Waals surface area contributed by atoms with E-state index in [1.54, 1.807) is 53.1 Å². The summed E-state index contributed by atoms with van der Waals surface area (Å²) < 4.78 is 19.3. The van der Waals surface area contributed by atoms with Crippen molar-refractivity contribution in [3.8, 4) is 11.5 Å². The van der Waals surface area contributed by atoms with Crippen LogP contribution in [0.3, 0.4) is 0 Å². The molecular weight excluding hydrogens is 499 g/mol.